The van der Waals surface area contributed by atoms with E-state index in [-0.39, 0.29) is 10.8 Å². The number of esters is 1. The average Bonchev–Trinajstić information content (AvgIpc) is 2.50. The summed E-state index contributed by atoms with van der Waals surface area (Å²) in [7, 11) is 0. The first kappa shape index (κ1) is 18.0. The van der Waals surface area contributed by atoms with Crippen molar-refractivity contribution < 1.29 is 9.53 Å². The molecule has 122 valence electrons. The molecule has 0 spiro atoms. The topological polar surface area (TPSA) is 26.3 Å². The van der Waals surface area contributed by atoms with E-state index in [1.807, 2.05) is 68.4 Å². The number of halogens is 2. The van der Waals surface area contributed by atoms with Crippen molar-refractivity contribution >= 4 is 33.5 Å². The van der Waals surface area contributed by atoms with Crippen LogP contribution in [0, 0.1) is 0 Å². The third-order valence-electron chi connectivity index (χ3n) is 3.43. The fourth-order valence-corrected chi connectivity index (χ4v) is 2.96. The highest BCUT2D eigenvalue weighted by Crippen LogP contribution is 2.21. The minimum absolute atomic E-state index is 0.243. The second-order valence-electron chi connectivity index (χ2n) is 6.14. The SMILES string of the molecule is CC(C)(Cc1ccc(Cl)cc1)OC(=O)[C@@H](Br)Cc1ccccc1. The van der Waals surface area contributed by atoms with Crippen molar-refractivity contribution in [3.63, 3.8) is 0 Å². The molecule has 2 rings (SSSR count). The molecule has 4 heteroatoms. The molecule has 1 atom stereocenters. The Bertz CT molecular complexity index is 638. The number of alkyl halides is 1. The Morgan fingerprint density at radius 3 is 2.30 bits per heavy atom. The number of ether oxygens (including phenoxy) is 1. The van der Waals surface area contributed by atoms with Gasteiger partial charge in [-0.3, -0.25) is 4.79 Å². The minimum Gasteiger partial charge on any atom is -0.458 e. The molecule has 0 unspecified atom stereocenters. The van der Waals surface area contributed by atoms with Crippen LogP contribution in [-0.2, 0) is 22.4 Å². The summed E-state index contributed by atoms with van der Waals surface area (Å²) in [6.07, 6.45) is 1.25. The molecule has 0 fully saturated rings. The van der Waals surface area contributed by atoms with Crippen LogP contribution in [0.1, 0.15) is 25.0 Å². The van der Waals surface area contributed by atoms with E-state index >= 15 is 0 Å². The van der Waals surface area contributed by atoms with E-state index in [0.29, 0.717) is 17.9 Å². The first-order valence-electron chi connectivity index (χ1n) is 7.51. The Balaban J connectivity index is 1.93. The summed E-state index contributed by atoms with van der Waals surface area (Å²) in [5.41, 5.74) is 1.61. The number of hydrogen-bond donors (Lipinski definition) is 0. The Labute approximate surface area is 150 Å². The maximum Gasteiger partial charge on any atom is 0.320 e. The maximum absolute atomic E-state index is 12.3. The summed E-state index contributed by atoms with van der Waals surface area (Å²) in [6.45, 7) is 3.84. The highest BCUT2D eigenvalue weighted by atomic mass is 79.9. The Kier molecular flexibility index (Phi) is 6.25. The van der Waals surface area contributed by atoms with Crippen molar-refractivity contribution in [2.75, 3.05) is 0 Å². The van der Waals surface area contributed by atoms with E-state index in [2.05, 4.69) is 15.9 Å². The lowest BCUT2D eigenvalue weighted by Gasteiger charge is -2.26. The minimum atomic E-state index is -0.576. The monoisotopic (exact) mass is 394 g/mol. The van der Waals surface area contributed by atoms with Gasteiger partial charge in [-0.25, -0.2) is 0 Å². The predicted molar refractivity (Wildman–Crippen MR) is 98.2 cm³/mol. The number of hydrogen-bond acceptors (Lipinski definition) is 2. The van der Waals surface area contributed by atoms with Gasteiger partial charge in [-0.15, -0.1) is 0 Å². The summed E-state index contributed by atoms with van der Waals surface area (Å²) in [5.74, 6) is -0.243. The highest BCUT2D eigenvalue weighted by molar-refractivity contribution is 9.10. The molecule has 0 amide bonds. The molecule has 0 aliphatic carbocycles. The van der Waals surface area contributed by atoms with Crippen molar-refractivity contribution in [2.24, 2.45) is 0 Å². The van der Waals surface area contributed by atoms with Gasteiger partial charge in [-0.2, -0.15) is 0 Å². The van der Waals surface area contributed by atoms with Crippen LogP contribution >= 0.6 is 27.5 Å². The summed E-state index contributed by atoms with van der Waals surface area (Å²) in [5, 5.41) is 0.701. The van der Waals surface area contributed by atoms with E-state index in [1.54, 1.807) is 0 Å². The van der Waals surface area contributed by atoms with E-state index in [0.717, 1.165) is 11.1 Å². The molecule has 0 aliphatic heterocycles. The number of carbonyl (C=O) groups excluding carboxylic acids is 1. The summed E-state index contributed by atoms with van der Waals surface area (Å²) < 4.78 is 5.69. The normalized spacial score (nSPS) is 12.7. The Morgan fingerprint density at radius 1 is 1.09 bits per heavy atom. The van der Waals surface area contributed by atoms with Crippen LogP contribution in [0.3, 0.4) is 0 Å². The van der Waals surface area contributed by atoms with E-state index in [1.165, 1.54) is 0 Å². The zero-order valence-electron chi connectivity index (χ0n) is 13.3. The maximum atomic E-state index is 12.3. The van der Waals surface area contributed by atoms with Gasteiger partial charge in [0.05, 0.1) is 0 Å². The molecular formula is C19H20BrClO2. The van der Waals surface area contributed by atoms with Crippen LogP contribution in [0.4, 0.5) is 0 Å². The van der Waals surface area contributed by atoms with Crippen LogP contribution in [0.5, 0.6) is 0 Å². The second kappa shape index (κ2) is 7.98. The summed E-state index contributed by atoms with van der Waals surface area (Å²) in [6, 6.07) is 17.5. The first-order valence-corrected chi connectivity index (χ1v) is 8.80. The van der Waals surface area contributed by atoms with Crippen LogP contribution in [0.2, 0.25) is 5.02 Å². The smallest absolute Gasteiger partial charge is 0.320 e. The van der Waals surface area contributed by atoms with Crippen LogP contribution < -0.4 is 0 Å². The zero-order chi connectivity index (χ0) is 16.9. The van der Waals surface area contributed by atoms with Gasteiger partial charge in [0.2, 0.25) is 0 Å². The van der Waals surface area contributed by atoms with Gasteiger partial charge in [0, 0.05) is 11.4 Å². The molecule has 2 nitrogen and oxygen atoms in total. The largest absolute Gasteiger partial charge is 0.458 e. The molecule has 0 heterocycles. The molecule has 0 saturated heterocycles. The third-order valence-corrected chi connectivity index (χ3v) is 4.38. The summed E-state index contributed by atoms with van der Waals surface area (Å²) >= 11 is 9.33. The number of carbonyl (C=O) groups is 1. The molecule has 0 aromatic heterocycles. The van der Waals surface area contributed by atoms with Gasteiger partial charge in [-0.05, 0) is 43.5 Å². The van der Waals surface area contributed by atoms with Crippen molar-refractivity contribution in [1.82, 2.24) is 0 Å². The molecule has 2 aromatic carbocycles. The molecule has 0 aliphatic rings. The van der Waals surface area contributed by atoms with Gasteiger partial charge in [-0.1, -0.05) is 70.0 Å². The van der Waals surface area contributed by atoms with Gasteiger partial charge in [0.25, 0.3) is 0 Å². The summed E-state index contributed by atoms with van der Waals surface area (Å²) in [4.78, 5) is 12.0. The zero-order valence-corrected chi connectivity index (χ0v) is 15.6. The molecule has 0 bridgehead atoms. The standard InChI is InChI=1S/C19H20BrClO2/c1-19(2,13-15-8-10-16(21)11-9-15)23-18(22)17(20)12-14-6-4-3-5-7-14/h3-11,17H,12-13H2,1-2H3/t17-/m0/s1. The van der Waals surface area contributed by atoms with Crippen molar-refractivity contribution in [2.45, 2.75) is 37.1 Å². The van der Waals surface area contributed by atoms with E-state index < -0.39 is 5.60 Å². The van der Waals surface area contributed by atoms with E-state index in [9.17, 15) is 4.79 Å². The quantitative estimate of drug-likeness (QED) is 0.496. The lowest BCUT2D eigenvalue weighted by Crippen LogP contribution is -2.34. The van der Waals surface area contributed by atoms with Crippen LogP contribution in [-0.4, -0.2) is 16.4 Å². The fraction of sp³-hybridized carbons (Fsp3) is 0.316. The second-order valence-corrected chi connectivity index (χ2v) is 7.68. The van der Waals surface area contributed by atoms with E-state index in [4.69, 9.17) is 16.3 Å². The van der Waals surface area contributed by atoms with Crippen molar-refractivity contribution in [1.29, 1.82) is 0 Å². The lowest BCUT2D eigenvalue weighted by molar-refractivity contribution is -0.155. The highest BCUT2D eigenvalue weighted by Gasteiger charge is 2.27. The fourth-order valence-electron chi connectivity index (χ4n) is 2.37. The number of rotatable bonds is 6. The molecule has 2 aromatic rings. The molecular weight excluding hydrogens is 376 g/mol. The number of benzene rings is 2. The van der Waals surface area contributed by atoms with Crippen LogP contribution in [0.25, 0.3) is 0 Å². The molecule has 0 radical (unpaired) electrons. The van der Waals surface area contributed by atoms with Gasteiger partial charge < -0.3 is 4.74 Å². The van der Waals surface area contributed by atoms with Gasteiger partial charge in [0.1, 0.15) is 10.4 Å². The van der Waals surface area contributed by atoms with Gasteiger partial charge in [0.15, 0.2) is 0 Å². The Hall–Kier alpha value is -1.32. The van der Waals surface area contributed by atoms with Crippen molar-refractivity contribution in [3.05, 3.63) is 70.7 Å². The Morgan fingerprint density at radius 2 is 1.70 bits per heavy atom. The first-order chi connectivity index (χ1) is 10.9. The predicted octanol–water partition coefficient (Wildman–Crippen LogP) is 5.21. The van der Waals surface area contributed by atoms with Gasteiger partial charge >= 0.3 is 5.97 Å². The lowest BCUT2D eigenvalue weighted by atomic mass is 9.98. The molecule has 23 heavy (non-hydrogen) atoms. The molecule has 0 N–H and O–H groups in total. The van der Waals surface area contributed by atoms with Crippen molar-refractivity contribution in [3.8, 4) is 0 Å². The third kappa shape index (κ3) is 6.00. The molecule has 0 saturated carbocycles. The van der Waals surface area contributed by atoms with Crippen LogP contribution in [0.15, 0.2) is 54.6 Å². The average molecular weight is 396 g/mol.